The van der Waals surface area contributed by atoms with Crippen molar-refractivity contribution in [2.24, 2.45) is 0 Å². The fourth-order valence-electron chi connectivity index (χ4n) is 7.69. The van der Waals surface area contributed by atoms with E-state index in [1.807, 2.05) is 92.9 Å². The zero-order valence-electron chi connectivity index (χ0n) is 45.0. The highest BCUT2D eigenvalue weighted by Gasteiger charge is 2.52. The average molecular weight is 1240 g/mol. The van der Waals surface area contributed by atoms with Crippen molar-refractivity contribution in [3.05, 3.63) is 68.3 Å². The van der Waals surface area contributed by atoms with Crippen molar-refractivity contribution in [3.63, 3.8) is 0 Å². The van der Waals surface area contributed by atoms with Gasteiger partial charge in [-0.3, -0.25) is 9.59 Å². The summed E-state index contributed by atoms with van der Waals surface area (Å²) in [5, 5.41) is 3.66. The highest BCUT2D eigenvalue weighted by molar-refractivity contribution is 9.11. The highest BCUT2D eigenvalue weighted by atomic mass is 79.9. The number of anilines is 3. The van der Waals surface area contributed by atoms with E-state index in [0.717, 1.165) is 57.6 Å². The van der Waals surface area contributed by atoms with E-state index in [2.05, 4.69) is 115 Å². The molecular weight excluding hydrogens is 1170 g/mol. The molecule has 4 aliphatic heterocycles. The van der Waals surface area contributed by atoms with Gasteiger partial charge in [-0.1, -0.05) is 0 Å². The van der Waals surface area contributed by atoms with Gasteiger partial charge in [0.05, 0.1) is 35.8 Å². The van der Waals surface area contributed by atoms with Crippen molar-refractivity contribution < 1.29 is 28.4 Å². The number of aromatic nitrogens is 8. The maximum atomic E-state index is 12.5. The number of amides is 2. The van der Waals surface area contributed by atoms with Gasteiger partial charge in [-0.15, -0.1) is 0 Å². The van der Waals surface area contributed by atoms with Gasteiger partial charge in [-0.2, -0.15) is 0 Å². The molecule has 20 nitrogen and oxygen atoms in total. The van der Waals surface area contributed by atoms with Gasteiger partial charge in [0, 0.05) is 132 Å². The molecule has 2 amide bonds. The van der Waals surface area contributed by atoms with Crippen LogP contribution in [0.15, 0.2) is 63.0 Å². The molecule has 0 radical (unpaired) electrons. The molecule has 0 bridgehead atoms. The first kappa shape index (κ1) is 61.1. The predicted octanol–water partition coefficient (Wildman–Crippen LogP) is 6.65. The van der Waals surface area contributed by atoms with Gasteiger partial charge in [-0.05, 0) is 149 Å². The molecule has 4 fully saturated rings. The largest absolute Gasteiger partial charge is 0.498 e. The van der Waals surface area contributed by atoms with Crippen molar-refractivity contribution in [2.45, 2.75) is 131 Å². The Labute approximate surface area is 467 Å². The van der Waals surface area contributed by atoms with Crippen LogP contribution in [-0.4, -0.2) is 181 Å². The van der Waals surface area contributed by atoms with Gasteiger partial charge in [-0.25, -0.2) is 39.9 Å². The lowest BCUT2D eigenvalue weighted by molar-refractivity contribution is -0.144. The molecule has 74 heavy (non-hydrogen) atoms. The number of piperazine rings is 3. The van der Waals surface area contributed by atoms with Crippen LogP contribution < -0.4 is 25.5 Å². The molecule has 4 aromatic heterocycles. The smallest absolute Gasteiger partial charge is 0.399 e. The molecule has 4 aromatic rings. The van der Waals surface area contributed by atoms with E-state index in [1.165, 1.54) is 0 Å². The van der Waals surface area contributed by atoms with E-state index in [4.69, 9.17) is 30.4 Å². The van der Waals surface area contributed by atoms with Crippen LogP contribution in [0.25, 0.3) is 0 Å². The minimum Gasteiger partial charge on any atom is -0.399 e. The summed E-state index contributed by atoms with van der Waals surface area (Å²) in [6.45, 7) is 33.3. The number of hydrogen-bond acceptors (Lipinski definition) is 18. The average Bonchev–Trinajstić information content (AvgIpc) is 3.56. The molecule has 1 N–H and O–H groups in total. The quantitative estimate of drug-likeness (QED) is 0.145. The molecule has 0 spiro atoms. The molecule has 0 saturated carbocycles. The van der Waals surface area contributed by atoms with Crippen molar-refractivity contribution in [3.8, 4) is 0 Å². The first-order valence-corrected chi connectivity index (χ1v) is 27.5. The Hall–Kier alpha value is -3.75. The van der Waals surface area contributed by atoms with Gasteiger partial charge in [0.25, 0.3) is 0 Å². The molecule has 8 rings (SSSR count). The second-order valence-corrected chi connectivity index (χ2v) is 24.4. The topological polar surface area (TPSA) is 202 Å². The fourth-order valence-corrected chi connectivity index (χ4v) is 8.40. The van der Waals surface area contributed by atoms with Crippen LogP contribution in [0.5, 0.6) is 0 Å². The van der Waals surface area contributed by atoms with E-state index >= 15 is 0 Å². The minimum absolute atomic E-state index is 0.0223. The van der Waals surface area contributed by atoms with Crippen LogP contribution in [-0.2, 0) is 28.4 Å². The molecule has 4 aliphatic rings. The summed E-state index contributed by atoms with van der Waals surface area (Å²) >= 11 is 15.2. The molecule has 25 heteroatoms. The predicted molar refractivity (Wildman–Crippen MR) is 300 cm³/mol. The minimum atomic E-state index is -0.472. The number of carbonyl (C=O) groups excluding carboxylic acids is 2. The van der Waals surface area contributed by atoms with Crippen molar-refractivity contribution in [2.75, 3.05) is 86.8 Å². The molecule has 3 atom stereocenters. The monoisotopic (exact) mass is 1240 g/mol. The van der Waals surface area contributed by atoms with Crippen LogP contribution in [0.2, 0.25) is 5.28 Å². The van der Waals surface area contributed by atoms with Crippen LogP contribution in [0, 0.1) is 0 Å². The Bertz CT molecular complexity index is 2350. The molecule has 406 valence electrons. The fraction of sp³-hybridized carbons (Fsp3) is 0.633. The summed E-state index contributed by atoms with van der Waals surface area (Å²) in [6.07, 6.45) is 13.8. The van der Waals surface area contributed by atoms with E-state index < -0.39 is 18.3 Å². The number of nitrogens with zero attached hydrogens (tertiary/aromatic N) is 13. The number of ether oxygens (including phenoxy) is 2. The maximum Gasteiger partial charge on any atom is 0.498 e. The number of halogens is 4. The van der Waals surface area contributed by atoms with Crippen LogP contribution in [0.1, 0.15) is 90.0 Å². The molecule has 0 aromatic carbocycles. The first-order valence-electron chi connectivity index (χ1n) is 24.7. The molecule has 4 saturated heterocycles. The third-order valence-corrected chi connectivity index (χ3v) is 13.8. The highest BCUT2D eigenvalue weighted by Crippen LogP contribution is 2.36. The van der Waals surface area contributed by atoms with Crippen molar-refractivity contribution in [1.82, 2.24) is 55.0 Å². The third kappa shape index (κ3) is 19.1. The van der Waals surface area contributed by atoms with E-state index in [-0.39, 0.29) is 53.6 Å². The van der Waals surface area contributed by atoms with Gasteiger partial charge in [0.2, 0.25) is 34.9 Å². The zero-order valence-corrected chi connectivity index (χ0v) is 50.5. The molecule has 0 aliphatic carbocycles. The summed E-state index contributed by atoms with van der Waals surface area (Å²) in [5.41, 5.74) is -0.616. The van der Waals surface area contributed by atoms with Crippen molar-refractivity contribution >= 4 is 102 Å². The van der Waals surface area contributed by atoms with E-state index in [1.54, 1.807) is 49.6 Å². The lowest BCUT2D eigenvalue weighted by atomic mass is 9.81. The van der Waals surface area contributed by atoms with Gasteiger partial charge in [0.1, 0.15) is 13.2 Å². The second-order valence-electron chi connectivity index (χ2n) is 21.3. The van der Waals surface area contributed by atoms with Crippen LogP contribution >= 0.6 is 59.4 Å². The Kier molecular flexibility index (Phi) is 22.3. The zero-order chi connectivity index (χ0) is 54.6. The molecule has 0 unspecified atom stereocenters. The van der Waals surface area contributed by atoms with Crippen molar-refractivity contribution in [1.29, 1.82) is 0 Å². The Morgan fingerprint density at radius 2 is 0.959 bits per heavy atom. The Morgan fingerprint density at radius 1 is 0.608 bits per heavy atom. The summed E-state index contributed by atoms with van der Waals surface area (Å²) in [5.74, 6) is 2.24. The lowest BCUT2D eigenvalue weighted by Gasteiger charge is -2.40. The third-order valence-electron chi connectivity index (χ3n) is 12.4. The normalized spacial score (nSPS) is 20.6. The van der Waals surface area contributed by atoms with Crippen LogP contribution in [0.4, 0.5) is 17.8 Å². The summed E-state index contributed by atoms with van der Waals surface area (Å²) in [6, 6.07) is 0.675. The second kappa shape index (κ2) is 27.0. The summed E-state index contributed by atoms with van der Waals surface area (Å²) in [7, 11) is -0.472. The molecule has 8 heterocycles. The van der Waals surface area contributed by atoms with Gasteiger partial charge in [0.15, 0.2) is 0 Å². The first-order chi connectivity index (χ1) is 34.6. The number of carbonyl (C=O) groups is 2. The number of nitrogens with one attached hydrogen (secondary N) is 1. The Balaban J connectivity index is 0.000000200. The van der Waals surface area contributed by atoms with E-state index in [0.29, 0.717) is 44.1 Å². The Morgan fingerprint density at radius 3 is 1.30 bits per heavy atom. The summed E-state index contributed by atoms with van der Waals surface area (Å²) in [4.78, 5) is 68.6. The lowest BCUT2D eigenvalue weighted by Crippen LogP contribution is -2.55. The number of rotatable bonds is 8. The number of hydrogen-bond donors (Lipinski definition) is 1. The maximum absolute atomic E-state index is 12.5. The standard InChI is InChI=1S/C21H35BN4O4.C15H23BrN4O2.C9H13BrN4.C4H2BrClN2/c1-15-13-25(9-10-26(15)17(27)14-28-19(2,3)4)18-23-11-16(12-24-18)22-29-20(5,6)21(7,8)30-22;1-11-9-19(14-17-7-12(16)8-18-14)5-6-20(11)13(21)10-22-15(2,3)4;1-7-6-14(3-2-11-7)9-12-4-8(10)5-13-9;5-3-1-7-4(6)8-2-3/h11-12,15H,9-10,13-14H2,1-8H3;7-8,11H,5-6,9-10H2,1-4H3;4-5,7,11H,2-3,6H2,1H3;1-2H/t15-;11-;7-;/m000./s1. The summed E-state index contributed by atoms with van der Waals surface area (Å²) < 4.78 is 26.0. The van der Waals surface area contributed by atoms with Gasteiger partial charge >= 0.3 is 7.12 Å². The molecular formula is C49H73BBr3ClN14O6. The van der Waals surface area contributed by atoms with E-state index in [9.17, 15) is 9.59 Å². The van der Waals surface area contributed by atoms with Crippen LogP contribution in [0.3, 0.4) is 0 Å². The van der Waals surface area contributed by atoms with Gasteiger partial charge < -0.3 is 48.6 Å². The SMILES string of the molecule is C[C@H]1CN(c2ncc(B3OC(C)(C)C(C)(C)O3)cn2)CCN1C(=O)COC(C)(C)C.C[C@H]1CN(c2ncc(Br)cn2)CCN1.C[C@H]1CN(c2ncc(Br)cn2)CCN1C(=O)COC(C)(C)C.Clc1ncc(Br)cn1.